The van der Waals surface area contributed by atoms with Crippen molar-refractivity contribution < 1.29 is 22.7 Å². The second kappa shape index (κ2) is 5.69. The molecule has 19 heavy (non-hydrogen) atoms. The third-order valence-electron chi connectivity index (χ3n) is 3.11. The Balaban J connectivity index is 2.14. The average Bonchev–Trinajstić information content (AvgIpc) is 2.39. The minimum Gasteiger partial charge on any atom is -0.378 e. The molecule has 0 saturated carbocycles. The van der Waals surface area contributed by atoms with Crippen molar-refractivity contribution in [2.45, 2.75) is 38.0 Å². The van der Waals surface area contributed by atoms with E-state index in [1.54, 1.807) is 0 Å². The Morgan fingerprint density at radius 3 is 2.84 bits per heavy atom. The number of nitrogens with zero attached hydrogens (tertiary/aromatic N) is 1. The molecule has 1 atom stereocenters. The van der Waals surface area contributed by atoms with Crippen LogP contribution in [0.1, 0.15) is 41.6 Å². The largest absolute Gasteiger partial charge is 0.417 e. The molecule has 1 aliphatic rings. The Morgan fingerprint density at radius 2 is 2.21 bits per heavy atom. The third-order valence-corrected chi connectivity index (χ3v) is 3.11. The Hall–Kier alpha value is -1.43. The van der Waals surface area contributed by atoms with Crippen molar-refractivity contribution in [3.63, 3.8) is 0 Å². The number of hydrogen-bond acceptors (Lipinski definition) is 3. The molecule has 1 aromatic heterocycles. The summed E-state index contributed by atoms with van der Waals surface area (Å²) >= 11 is 0. The standard InChI is InChI=1S/C13H14F3NO2/c14-13(15,16)11-4-5-17-8-10(11)12(18)7-9-3-1-2-6-19-9/h4-5,8-9H,1-3,6-7H2. The van der Waals surface area contributed by atoms with Gasteiger partial charge in [-0.15, -0.1) is 0 Å². The van der Waals surface area contributed by atoms with Crippen molar-refractivity contribution in [3.8, 4) is 0 Å². The number of alkyl halides is 3. The lowest BCUT2D eigenvalue weighted by Gasteiger charge is -2.22. The summed E-state index contributed by atoms with van der Waals surface area (Å²) < 4.78 is 43.7. The van der Waals surface area contributed by atoms with E-state index in [9.17, 15) is 18.0 Å². The van der Waals surface area contributed by atoms with Crippen LogP contribution < -0.4 is 0 Å². The van der Waals surface area contributed by atoms with Gasteiger partial charge in [-0.25, -0.2) is 0 Å². The van der Waals surface area contributed by atoms with Gasteiger partial charge >= 0.3 is 6.18 Å². The first kappa shape index (κ1) is 14.0. The van der Waals surface area contributed by atoms with E-state index < -0.39 is 17.5 Å². The number of hydrogen-bond donors (Lipinski definition) is 0. The molecule has 1 fully saturated rings. The number of ether oxygens (including phenoxy) is 1. The topological polar surface area (TPSA) is 39.2 Å². The number of carbonyl (C=O) groups is 1. The predicted octanol–water partition coefficient (Wildman–Crippen LogP) is 3.24. The molecule has 0 radical (unpaired) electrons. The minimum atomic E-state index is -4.54. The van der Waals surface area contributed by atoms with Crippen LogP contribution in [0.15, 0.2) is 18.5 Å². The normalized spacial score (nSPS) is 20.3. The lowest BCUT2D eigenvalue weighted by molar-refractivity contribution is -0.138. The second-order valence-electron chi connectivity index (χ2n) is 4.53. The smallest absolute Gasteiger partial charge is 0.378 e. The first-order valence-electron chi connectivity index (χ1n) is 6.14. The molecule has 1 unspecified atom stereocenters. The monoisotopic (exact) mass is 273 g/mol. The van der Waals surface area contributed by atoms with E-state index >= 15 is 0 Å². The molecule has 1 aromatic rings. The maximum Gasteiger partial charge on any atom is 0.417 e. The highest BCUT2D eigenvalue weighted by Crippen LogP contribution is 2.32. The van der Waals surface area contributed by atoms with Crippen molar-refractivity contribution >= 4 is 5.78 Å². The van der Waals surface area contributed by atoms with Crippen molar-refractivity contribution in [1.82, 2.24) is 4.98 Å². The predicted molar refractivity (Wildman–Crippen MR) is 61.8 cm³/mol. The zero-order valence-corrected chi connectivity index (χ0v) is 10.2. The number of carbonyl (C=O) groups excluding carboxylic acids is 1. The maximum atomic E-state index is 12.8. The van der Waals surface area contributed by atoms with Crippen molar-refractivity contribution in [2.24, 2.45) is 0 Å². The highest BCUT2D eigenvalue weighted by Gasteiger charge is 2.35. The number of halogens is 3. The van der Waals surface area contributed by atoms with E-state index in [1.807, 2.05) is 0 Å². The van der Waals surface area contributed by atoms with E-state index in [0.29, 0.717) is 13.0 Å². The van der Waals surface area contributed by atoms with Crippen molar-refractivity contribution in [2.75, 3.05) is 6.61 Å². The fourth-order valence-electron chi connectivity index (χ4n) is 2.15. The van der Waals surface area contributed by atoms with Crippen molar-refractivity contribution in [1.29, 1.82) is 0 Å². The van der Waals surface area contributed by atoms with E-state index in [0.717, 1.165) is 31.3 Å². The Labute approximate surface area is 108 Å². The molecule has 1 aliphatic heterocycles. The molecule has 6 heteroatoms. The minimum absolute atomic E-state index is 0.0191. The van der Waals surface area contributed by atoms with Gasteiger partial charge in [0, 0.05) is 31.0 Å². The summed E-state index contributed by atoms with van der Waals surface area (Å²) in [4.78, 5) is 15.6. The number of pyridine rings is 1. The summed E-state index contributed by atoms with van der Waals surface area (Å²) in [7, 11) is 0. The van der Waals surface area contributed by atoms with Gasteiger partial charge in [-0.1, -0.05) is 0 Å². The molecule has 1 saturated heterocycles. The quantitative estimate of drug-likeness (QED) is 0.794. The summed E-state index contributed by atoms with van der Waals surface area (Å²) in [6, 6.07) is 0.828. The van der Waals surface area contributed by atoms with Gasteiger partial charge in [0.1, 0.15) is 0 Å². The van der Waals surface area contributed by atoms with E-state index in [2.05, 4.69) is 4.98 Å². The fraction of sp³-hybridized carbons (Fsp3) is 0.538. The molecule has 0 N–H and O–H groups in total. The first-order chi connectivity index (χ1) is 8.98. The summed E-state index contributed by atoms with van der Waals surface area (Å²) in [6.07, 6.45) is -0.223. The van der Waals surface area contributed by atoms with Gasteiger partial charge < -0.3 is 4.74 Å². The Kier molecular flexibility index (Phi) is 4.19. The molecule has 3 nitrogen and oxygen atoms in total. The molecule has 104 valence electrons. The van der Waals surface area contributed by atoms with Gasteiger partial charge in [0.15, 0.2) is 5.78 Å². The highest BCUT2D eigenvalue weighted by atomic mass is 19.4. The van der Waals surface area contributed by atoms with Gasteiger partial charge in [0.05, 0.1) is 11.7 Å². The van der Waals surface area contributed by atoms with E-state index in [-0.39, 0.29) is 18.1 Å². The van der Waals surface area contributed by atoms with Crippen LogP contribution in [0.5, 0.6) is 0 Å². The van der Waals surface area contributed by atoms with Gasteiger partial charge in [-0.05, 0) is 25.3 Å². The first-order valence-corrected chi connectivity index (χ1v) is 6.14. The molecular weight excluding hydrogens is 259 g/mol. The lowest BCUT2D eigenvalue weighted by atomic mass is 9.98. The zero-order valence-electron chi connectivity index (χ0n) is 10.2. The van der Waals surface area contributed by atoms with Crippen LogP contribution in [0, 0.1) is 0 Å². The SMILES string of the molecule is O=C(CC1CCCCO1)c1cnccc1C(F)(F)F. The summed E-state index contributed by atoms with van der Waals surface area (Å²) in [5, 5.41) is 0. The molecule has 2 heterocycles. The van der Waals surface area contributed by atoms with Crippen LogP contribution in [-0.4, -0.2) is 23.5 Å². The van der Waals surface area contributed by atoms with Gasteiger partial charge in [-0.3, -0.25) is 9.78 Å². The van der Waals surface area contributed by atoms with Gasteiger partial charge in [0.25, 0.3) is 0 Å². The molecule has 0 spiro atoms. The molecule has 2 rings (SSSR count). The summed E-state index contributed by atoms with van der Waals surface area (Å²) in [5.74, 6) is -0.563. The van der Waals surface area contributed by atoms with Crippen LogP contribution in [0.4, 0.5) is 13.2 Å². The zero-order chi connectivity index (χ0) is 13.9. The molecular formula is C13H14F3NO2. The van der Waals surface area contributed by atoms with Crippen LogP contribution in [0.2, 0.25) is 0 Å². The van der Waals surface area contributed by atoms with Crippen LogP contribution in [0.3, 0.4) is 0 Å². The highest BCUT2D eigenvalue weighted by molar-refractivity contribution is 5.97. The van der Waals surface area contributed by atoms with Crippen LogP contribution in [-0.2, 0) is 10.9 Å². The van der Waals surface area contributed by atoms with Crippen LogP contribution >= 0.6 is 0 Å². The summed E-state index contributed by atoms with van der Waals surface area (Å²) in [6.45, 7) is 0.567. The third kappa shape index (κ3) is 3.53. The molecule has 0 aliphatic carbocycles. The number of Topliss-reactive ketones (excluding diaryl/α,β-unsaturated/α-hetero) is 1. The lowest BCUT2D eigenvalue weighted by Crippen LogP contribution is -2.24. The number of ketones is 1. The number of aromatic nitrogens is 1. The molecule has 0 amide bonds. The molecule has 0 bridgehead atoms. The van der Waals surface area contributed by atoms with Crippen LogP contribution in [0.25, 0.3) is 0 Å². The van der Waals surface area contributed by atoms with E-state index in [4.69, 9.17) is 4.74 Å². The van der Waals surface area contributed by atoms with E-state index in [1.165, 1.54) is 0 Å². The number of rotatable bonds is 3. The molecule has 0 aromatic carbocycles. The Morgan fingerprint density at radius 1 is 1.42 bits per heavy atom. The van der Waals surface area contributed by atoms with Crippen molar-refractivity contribution in [3.05, 3.63) is 29.6 Å². The second-order valence-corrected chi connectivity index (χ2v) is 4.53. The maximum absolute atomic E-state index is 12.8. The fourth-order valence-corrected chi connectivity index (χ4v) is 2.15. The average molecular weight is 273 g/mol. The summed E-state index contributed by atoms with van der Waals surface area (Å²) in [5.41, 5.74) is -1.30. The Bertz CT molecular complexity index is 453. The van der Waals surface area contributed by atoms with Gasteiger partial charge in [-0.2, -0.15) is 13.2 Å². The van der Waals surface area contributed by atoms with Gasteiger partial charge in [0.2, 0.25) is 0 Å².